The molecule has 5 rings (SSSR count). The lowest BCUT2D eigenvalue weighted by Gasteiger charge is -2.24. The van der Waals surface area contributed by atoms with Gasteiger partial charge in [0.05, 0.1) is 22.8 Å². The van der Waals surface area contributed by atoms with Gasteiger partial charge in [0.1, 0.15) is 29.3 Å². The fourth-order valence-electron chi connectivity index (χ4n) is 4.32. The van der Waals surface area contributed by atoms with Gasteiger partial charge in [0, 0.05) is 42.4 Å². The van der Waals surface area contributed by atoms with Gasteiger partial charge in [-0.1, -0.05) is 0 Å². The molecule has 1 amide bonds. The van der Waals surface area contributed by atoms with Crippen molar-refractivity contribution < 1.29 is 9.53 Å². The molecule has 1 aromatic carbocycles. The zero-order valence-electron chi connectivity index (χ0n) is 18.9. The molecule has 1 aliphatic carbocycles. The van der Waals surface area contributed by atoms with Crippen LogP contribution in [0, 0.1) is 5.92 Å². The first-order valence-electron chi connectivity index (χ1n) is 11.0. The molecule has 0 saturated heterocycles. The average Bonchev–Trinajstić information content (AvgIpc) is 3.40. The standard InChI is InChI=1S/C23H27N7O2S/c1-12(24)10-32-18-8-16-14(9-27-29-16)6-17(18)28-21-20-15-5-4-13(23(31)30(2)3)7-19(15)33-22(20)26-11-25-21/h6,8-9,11-13H,4-5,7,10,24H2,1-3H3,(H,27,29)(H,25,26,28)/t12-,13+/m1/s1. The van der Waals surface area contributed by atoms with Gasteiger partial charge < -0.3 is 20.7 Å². The zero-order valence-corrected chi connectivity index (χ0v) is 19.7. The third kappa shape index (κ3) is 4.11. The Bertz CT molecular complexity index is 1330. The molecule has 10 heteroatoms. The van der Waals surface area contributed by atoms with Crippen LogP contribution in [0.1, 0.15) is 23.8 Å². The van der Waals surface area contributed by atoms with Crippen LogP contribution in [0.15, 0.2) is 24.7 Å². The van der Waals surface area contributed by atoms with Crippen molar-refractivity contribution in [2.45, 2.75) is 32.2 Å². The van der Waals surface area contributed by atoms with Gasteiger partial charge in [-0.3, -0.25) is 9.89 Å². The first-order valence-corrected chi connectivity index (χ1v) is 11.8. The Kier molecular flexibility index (Phi) is 5.63. The van der Waals surface area contributed by atoms with Crippen LogP contribution >= 0.6 is 11.3 Å². The Hall–Kier alpha value is -3.24. The lowest BCUT2D eigenvalue weighted by molar-refractivity contribution is -0.133. The summed E-state index contributed by atoms with van der Waals surface area (Å²) in [6.45, 7) is 2.30. The summed E-state index contributed by atoms with van der Waals surface area (Å²) < 4.78 is 6.00. The molecule has 1 aliphatic rings. The second kappa shape index (κ2) is 8.60. The Morgan fingerprint density at radius 1 is 1.39 bits per heavy atom. The van der Waals surface area contributed by atoms with Crippen molar-refractivity contribution in [2.75, 3.05) is 26.0 Å². The third-order valence-electron chi connectivity index (χ3n) is 5.93. The number of ether oxygens (including phenoxy) is 1. The fourth-order valence-corrected chi connectivity index (χ4v) is 5.59. The van der Waals surface area contributed by atoms with Crippen LogP contribution < -0.4 is 15.8 Å². The molecule has 0 spiro atoms. The number of hydrogen-bond acceptors (Lipinski definition) is 8. The summed E-state index contributed by atoms with van der Waals surface area (Å²) >= 11 is 1.65. The summed E-state index contributed by atoms with van der Waals surface area (Å²) in [7, 11) is 3.64. The van der Waals surface area contributed by atoms with Crippen LogP contribution in [0.3, 0.4) is 0 Å². The van der Waals surface area contributed by atoms with Gasteiger partial charge in [0.2, 0.25) is 5.91 Å². The first-order chi connectivity index (χ1) is 15.9. The van der Waals surface area contributed by atoms with Gasteiger partial charge in [-0.2, -0.15) is 5.10 Å². The number of amides is 1. The molecule has 2 atom stereocenters. The Balaban J connectivity index is 1.52. The number of H-pyrrole nitrogens is 1. The van der Waals surface area contributed by atoms with E-state index < -0.39 is 0 Å². The van der Waals surface area contributed by atoms with Gasteiger partial charge in [0.15, 0.2) is 0 Å². The second-order valence-corrected chi connectivity index (χ2v) is 9.88. The summed E-state index contributed by atoms with van der Waals surface area (Å²) in [5.41, 5.74) is 8.83. The van der Waals surface area contributed by atoms with Crippen LogP contribution in [-0.2, 0) is 17.6 Å². The van der Waals surface area contributed by atoms with E-state index in [4.69, 9.17) is 10.5 Å². The van der Waals surface area contributed by atoms with E-state index in [-0.39, 0.29) is 17.9 Å². The van der Waals surface area contributed by atoms with Gasteiger partial charge in [-0.05, 0) is 37.8 Å². The smallest absolute Gasteiger partial charge is 0.225 e. The molecule has 4 N–H and O–H groups in total. The number of fused-ring (bicyclic) bond motifs is 4. The van der Waals surface area contributed by atoms with E-state index >= 15 is 0 Å². The summed E-state index contributed by atoms with van der Waals surface area (Å²) in [5.74, 6) is 1.62. The molecule has 3 aromatic heterocycles. The third-order valence-corrected chi connectivity index (χ3v) is 7.09. The average molecular weight is 466 g/mol. The molecule has 172 valence electrons. The van der Waals surface area contributed by atoms with Crippen LogP contribution in [0.4, 0.5) is 11.5 Å². The highest BCUT2D eigenvalue weighted by Crippen LogP contribution is 2.41. The minimum absolute atomic E-state index is 0.0201. The monoisotopic (exact) mass is 465 g/mol. The molecule has 0 radical (unpaired) electrons. The Morgan fingerprint density at radius 2 is 2.24 bits per heavy atom. The topological polar surface area (TPSA) is 122 Å². The van der Waals surface area contributed by atoms with Gasteiger partial charge in [-0.25, -0.2) is 9.97 Å². The molecule has 0 bridgehead atoms. The molecule has 33 heavy (non-hydrogen) atoms. The summed E-state index contributed by atoms with van der Waals surface area (Å²) in [6.07, 6.45) is 5.76. The van der Waals surface area contributed by atoms with E-state index in [2.05, 4.69) is 25.5 Å². The number of benzene rings is 1. The van der Waals surface area contributed by atoms with E-state index in [0.29, 0.717) is 12.4 Å². The SMILES string of the molecule is C[C@@H](N)COc1cc2[nH]ncc2cc1Nc1ncnc2sc3c(c12)CC[C@H](C(=O)N(C)C)C3. The second-order valence-electron chi connectivity index (χ2n) is 8.80. The summed E-state index contributed by atoms with van der Waals surface area (Å²) in [4.78, 5) is 25.5. The molecule has 4 aromatic rings. The van der Waals surface area contributed by atoms with Crippen molar-refractivity contribution in [3.05, 3.63) is 35.1 Å². The fraction of sp³-hybridized carbons (Fsp3) is 0.391. The van der Waals surface area contributed by atoms with Crippen molar-refractivity contribution in [3.63, 3.8) is 0 Å². The molecule has 9 nitrogen and oxygen atoms in total. The number of nitrogens with two attached hydrogens (primary N) is 1. The summed E-state index contributed by atoms with van der Waals surface area (Å²) in [6, 6.07) is 3.82. The number of nitrogens with zero attached hydrogens (tertiary/aromatic N) is 4. The normalized spacial score (nSPS) is 16.5. The lowest BCUT2D eigenvalue weighted by atomic mass is 9.87. The number of rotatable bonds is 6. The number of aromatic nitrogens is 4. The van der Waals surface area contributed by atoms with E-state index in [1.54, 1.807) is 28.8 Å². The predicted octanol–water partition coefficient (Wildman–Crippen LogP) is 3.23. The first kappa shape index (κ1) is 21.6. The number of carbonyl (C=O) groups excluding carboxylic acids is 1. The van der Waals surface area contributed by atoms with Gasteiger partial charge >= 0.3 is 0 Å². The molecular weight excluding hydrogens is 438 g/mol. The highest BCUT2D eigenvalue weighted by Gasteiger charge is 2.30. The number of hydrogen-bond donors (Lipinski definition) is 3. The van der Waals surface area contributed by atoms with Crippen molar-refractivity contribution in [2.24, 2.45) is 11.7 Å². The van der Waals surface area contributed by atoms with Crippen molar-refractivity contribution in [3.8, 4) is 5.75 Å². The number of aryl methyl sites for hydroxylation is 1. The van der Waals surface area contributed by atoms with Crippen molar-refractivity contribution in [1.29, 1.82) is 0 Å². The number of nitrogens with one attached hydrogen (secondary N) is 2. The number of aromatic amines is 1. The van der Waals surface area contributed by atoms with Crippen LogP contribution in [0.5, 0.6) is 5.75 Å². The largest absolute Gasteiger partial charge is 0.490 e. The highest BCUT2D eigenvalue weighted by molar-refractivity contribution is 7.19. The molecule has 0 saturated carbocycles. The molecule has 0 fully saturated rings. The zero-order chi connectivity index (χ0) is 23.1. The van der Waals surface area contributed by atoms with Crippen molar-refractivity contribution >= 4 is 49.9 Å². The quantitative estimate of drug-likeness (QED) is 0.400. The molecule has 3 heterocycles. The Labute approximate surface area is 195 Å². The number of anilines is 2. The number of thiophene rings is 1. The maximum atomic E-state index is 12.5. The minimum atomic E-state index is -0.0946. The maximum absolute atomic E-state index is 12.5. The highest BCUT2D eigenvalue weighted by atomic mass is 32.1. The van der Waals surface area contributed by atoms with E-state index in [0.717, 1.165) is 51.9 Å². The van der Waals surface area contributed by atoms with Gasteiger partial charge in [-0.15, -0.1) is 11.3 Å². The minimum Gasteiger partial charge on any atom is -0.490 e. The molecule has 0 unspecified atom stereocenters. The maximum Gasteiger partial charge on any atom is 0.225 e. The van der Waals surface area contributed by atoms with E-state index in [1.807, 2.05) is 33.2 Å². The lowest BCUT2D eigenvalue weighted by Crippen LogP contribution is -2.32. The van der Waals surface area contributed by atoms with Crippen LogP contribution in [0.2, 0.25) is 0 Å². The Morgan fingerprint density at radius 3 is 3.03 bits per heavy atom. The van der Waals surface area contributed by atoms with Crippen molar-refractivity contribution in [1.82, 2.24) is 25.1 Å². The van der Waals surface area contributed by atoms with E-state index in [9.17, 15) is 4.79 Å². The van der Waals surface area contributed by atoms with Crippen LogP contribution in [-0.4, -0.2) is 57.7 Å². The number of carbonyl (C=O) groups is 1. The van der Waals surface area contributed by atoms with E-state index in [1.165, 1.54) is 10.4 Å². The van der Waals surface area contributed by atoms with Gasteiger partial charge in [0.25, 0.3) is 0 Å². The molecule has 0 aliphatic heterocycles. The molecular formula is C23H27N7O2S. The van der Waals surface area contributed by atoms with Crippen LogP contribution in [0.25, 0.3) is 21.1 Å². The predicted molar refractivity (Wildman–Crippen MR) is 130 cm³/mol. The summed E-state index contributed by atoms with van der Waals surface area (Å²) in [5, 5.41) is 12.6.